The van der Waals surface area contributed by atoms with Gasteiger partial charge in [0.05, 0.1) is 6.61 Å². The van der Waals surface area contributed by atoms with Crippen molar-refractivity contribution in [3.63, 3.8) is 0 Å². The van der Waals surface area contributed by atoms with Gasteiger partial charge in [0.15, 0.2) is 6.04 Å². The summed E-state index contributed by atoms with van der Waals surface area (Å²) in [5.74, 6) is -2.16. The van der Waals surface area contributed by atoms with Crippen LogP contribution in [0.4, 0.5) is 0 Å². The van der Waals surface area contributed by atoms with Crippen molar-refractivity contribution in [2.45, 2.75) is 6.04 Å². The van der Waals surface area contributed by atoms with Crippen molar-refractivity contribution in [3.8, 4) is 0 Å². The molecule has 0 aliphatic heterocycles. The van der Waals surface area contributed by atoms with Crippen LogP contribution in [-0.2, 0) is 4.79 Å². The molecule has 8 nitrogen and oxygen atoms in total. The number of nitrogens with zero attached hydrogens (tertiary/aromatic N) is 2. The molecule has 1 aromatic rings. The number of aliphatic hydroxyl groups excluding tert-OH is 1. The fourth-order valence-electron chi connectivity index (χ4n) is 0.727. The molecule has 0 aromatic carbocycles. The highest BCUT2D eigenvalue weighted by Gasteiger charge is 2.20. The maximum Gasteiger partial charge on any atom is 0.328 e. The fraction of sp³-hybridized carbons (Fsp3) is 0.333. The van der Waals surface area contributed by atoms with Crippen LogP contribution >= 0.6 is 0 Å². The van der Waals surface area contributed by atoms with Gasteiger partial charge in [-0.1, -0.05) is 0 Å². The molecule has 76 valence electrons. The standard InChI is InChI=1S/C6H8N4O4/c11-1-3(6(13)14)9-5(12)4-7-2-8-10-4/h2-3,11H,1H2,(H,9,12)(H,13,14)(H,7,8,10)/t3-/m1/s1. The Morgan fingerprint density at radius 1 is 1.64 bits per heavy atom. The minimum atomic E-state index is -1.34. The number of rotatable bonds is 4. The molecule has 1 heterocycles. The lowest BCUT2D eigenvalue weighted by Gasteiger charge is -2.09. The number of amides is 1. The Labute approximate surface area is 78.0 Å². The van der Waals surface area contributed by atoms with Crippen molar-refractivity contribution in [1.29, 1.82) is 0 Å². The smallest absolute Gasteiger partial charge is 0.328 e. The van der Waals surface area contributed by atoms with E-state index in [1.165, 1.54) is 0 Å². The molecule has 1 aromatic heterocycles. The van der Waals surface area contributed by atoms with Gasteiger partial charge in [0.2, 0.25) is 5.82 Å². The molecule has 1 rings (SSSR count). The number of hydrogen-bond acceptors (Lipinski definition) is 5. The lowest BCUT2D eigenvalue weighted by molar-refractivity contribution is -0.140. The second-order valence-corrected chi connectivity index (χ2v) is 2.38. The number of hydrogen-bond donors (Lipinski definition) is 4. The Morgan fingerprint density at radius 2 is 2.36 bits per heavy atom. The van der Waals surface area contributed by atoms with Crippen LogP contribution < -0.4 is 5.32 Å². The van der Waals surface area contributed by atoms with E-state index in [0.29, 0.717) is 0 Å². The third-order valence-corrected chi connectivity index (χ3v) is 1.42. The molecule has 0 radical (unpaired) electrons. The third-order valence-electron chi connectivity index (χ3n) is 1.42. The summed E-state index contributed by atoms with van der Waals surface area (Å²) in [6.07, 6.45) is 1.11. The molecular formula is C6H8N4O4. The monoisotopic (exact) mass is 200 g/mol. The Balaban J connectivity index is 2.60. The number of carboxylic acid groups (broad SMARTS) is 1. The third kappa shape index (κ3) is 2.26. The number of aliphatic hydroxyl groups is 1. The van der Waals surface area contributed by atoms with E-state index in [1.807, 2.05) is 5.32 Å². The molecule has 0 saturated carbocycles. The van der Waals surface area contributed by atoms with Crippen molar-refractivity contribution < 1.29 is 19.8 Å². The largest absolute Gasteiger partial charge is 0.480 e. The second kappa shape index (κ2) is 4.33. The number of aromatic nitrogens is 3. The average molecular weight is 200 g/mol. The summed E-state index contributed by atoms with van der Waals surface area (Å²) in [6.45, 7) is -0.685. The molecule has 0 aliphatic carbocycles. The van der Waals surface area contributed by atoms with Gasteiger partial charge < -0.3 is 15.5 Å². The summed E-state index contributed by atoms with van der Waals surface area (Å²) >= 11 is 0. The highest BCUT2D eigenvalue weighted by Crippen LogP contribution is 1.89. The van der Waals surface area contributed by atoms with Crippen LogP contribution in [0, 0.1) is 0 Å². The number of carbonyl (C=O) groups is 2. The van der Waals surface area contributed by atoms with Crippen molar-refractivity contribution >= 4 is 11.9 Å². The Morgan fingerprint density at radius 3 is 2.79 bits per heavy atom. The first-order valence-corrected chi connectivity index (χ1v) is 3.65. The number of aliphatic carboxylic acids is 1. The topological polar surface area (TPSA) is 128 Å². The van der Waals surface area contributed by atoms with Crippen molar-refractivity contribution in [2.75, 3.05) is 6.61 Å². The van der Waals surface area contributed by atoms with Crippen molar-refractivity contribution in [3.05, 3.63) is 12.2 Å². The molecule has 0 unspecified atom stereocenters. The molecule has 8 heteroatoms. The molecule has 1 atom stereocenters. The van der Waals surface area contributed by atoms with E-state index in [4.69, 9.17) is 10.2 Å². The van der Waals surface area contributed by atoms with E-state index in [-0.39, 0.29) is 5.82 Å². The van der Waals surface area contributed by atoms with Crippen molar-refractivity contribution in [2.24, 2.45) is 0 Å². The zero-order valence-electron chi connectivity index (χ0n) is 6.97. The van der Waals surface area contributed by atoms with E-state index in [9.17, 15) is 9.59 Å². The van der Waals surface area contributed by atoms with Crippen molar-refractivity contribution in [1.82, 2.24) is 20.5 Å². The van der Waals surface area contributed by atoms with E-state index in [0.717, 1.165) is 6.33 Å². The predicted octanol–water partition coefficient (Wildman–Crippen LogP) is -2.02. The molecular weight excluding hydrogens is 192 g/mol. The van der Waals surface area contributed by atoms with Crippen LogP contribution in [0.2, 0.25) is 0 Å². The number of carboxylic acids is 1. The first kappa shape index (κ1) is 10.1. The van der Waals surface area contributed by atoms with Gasteiger partial charge in [-0.25, -0.2) is 9.78 Å². The summed E-state index contributed by atoms with van der Waals surface area (Å²) in [4.78, 5) is 25.1. The number of carbonyl (C=O) groups excluding carboxylic acids is 1. The normalized spacial score (nSPS) is 12.1. The van der Waals surface area contributed by atoms with E-state index in [2.05, 4.69) is 15.2 Å². The van der Waals surface area contributed by atoms with Gasteiger partial charge in [0.1, 0.15) is 6.33 Å². The van der Waals surface area contributed by atoms with Crippen LogP contribution in [0.5, 0.6) is 0 Å². The Hall–Kier alpha value is -1.96. The van der Waals surface area contributed by atoms with Gasteiger partial charge in [-0.15, -0.1) is 0 Å². The molecule has 14 heavy (non-hydrogen) atoms. The number of aromatic amines is 1. The maximum atomic E-state index is 11.2. The van der Waals surface area contributed by atoms with Gasteiger partial charge >= 0.3 is 5.97 Å². The van der Waals surface area contributed by atoms with Gasteiger partial charge in [-0.2, -0.15) is 5.10 Å². The van der Waals surface area contributed by atoms with E-state index >= 15 is 0 Å². The molecule has 0 saturated heterocycles. The minimum absolute atomic E-state index is 0.107. The maximum absolute atomic E-state index is 11.2. The summed E-state index contributed by atoms with van der Waals surface area (Å²) in [5, 5.41) is 24.8. The second-order valence-electron chi connectivity index (χ2n) is 2.38. The van der Waals surface area contributed by atoms with Crippen LogP contribution in [0.1, 0.15) is 10.6 Å². The van der Waals surface area contributed by atoms with Gasteiger partial charge in [0, 0.05) is 0 Å². The molecule has 0 aliphatic rings. The minimum Gasteiger partial charge on any atom is -0.480 e. The lowest BCUT2D eigenvalue weighted by atomic mass is 10.3. The molecule has 0 spiro atoms. The molecule has 0 bridgehead atoms. The quantitative estimate of drug-likeness (QED) is 0.444. The first-order chi connectivity index (χ1) is 6.65. The number of H-pyrrole nitrogens is 1. The number of nitrogens with one attached hydrogen (secondary N) is 2. The van der Waals surface area contributed by atoms with Gasteiger partial charge in [-0.3, -0.25) is 9.89 Å². The molecule has 1 amide bonds. The molecule has 0 fully saturated rings. The Bertz CT molecular complexity index is 323. The zero-order valence-corrected chi connectivity index (χ0v) is 6.97. The predicted molar refractivity (Wildman–Crippen MR) is 42.4 cm³/mol. The fourth-order valence-corrected chi connectivity index (χ4v) is 0.727. The van der Waals surface area contributed by atoms with E-state index in [1.54, 1.807) is 0 Å². The van der Waals surface area contributed by atoms with Gasteiger partial charge in [0.25, 0.3) is 5.91 Å². The molecule has 4 N–H and O–H groups in total. The van der Waals surface area contributed by atoms with Crippen LogP contribution in [0.3, 0.4) is 0 Å². The van der Waals surface area contributed by atoms with Gasteiger partial charge in [-0.05, 0) is 0 Å². The highest BCUT2D eigenvalue weighted by atomic mass is 16.4. The average Bonchev–Trinajstić information content (AvgIpc) is 2.65. The zero-order chi connectivity index (χ0) is 10.6. The summed E-state index contributed by atoms with van der Waals surface area (Å²) in [6, 6.07) is -1.34. The van der Waals surface area contributed by atoms with Crippen LogP contribution in [0.15, 0.2) is 6.33 Å². The summed E-state index contributed by atoms with van der Waals surface area (Å²) in [7, 11) is 0. The highest BCUT2D eigenvalue weighted by molar-refractivity contribution is 5.93. The first-order valence-electron chi connectivity index (χ1n) is 3.65. The van der Waals surface area contributed by atoms with Crippen LogP contribution in [0.25, 0.3) is 0 Å². The SMILES string of the molecule is O=C(N[C@H](CO)C(=O)O)c1ncn[nH]1. The summed E-state index contributed by atoms with van der Waals surface area (Å²) in [5.41, 5.74) is 0. The summed E-state index contributed by atoms with van der Waals surface area (Å²) < 4.78 is 0. The lowest BCUT2D eigenvalue weighted by Crippen LogP contribution is -2.43. The Kier molecular flexibility index (Phi) is 3.13. The van der Waals surface area contributed by atoms with Crippen LogP contribution in [-0.4, -0.2) is 49.9 Å². The van der Waals surface area contributed by atoms with E-state index < -0.39 is 24.5 Å².